The van der Waals surface area contributed by atoms with Gasteiger partial charge in [-0.3, -0.25) is 14.2 Å². The van der Waals surface area contributed by atoms with Crippen LogP contribution in [0.15, 0.2) is 38.0 Å². The third-order valence-electron chi connectivity index (χ3n) is 5.44. The number of hydrogen-bond donors (Lipinski definition) is 0. The summed E-state index contributed by atoms with van der Waals surface area (Å²) < 4.78 is 318. The average Bonchev–Trinajstić information content (AvgIpc) is 2.84. The minimum Gasteiger partial charge on any atom is -0.371 e. The van der Waals surface area contributed by atoms with E-state index in [1.807, 2.05) is 0 Å². The highest BCUT2D eigenvalue weighted by atomic mass is 19.4. The molecule has 50 heavy (non-hydrogen) atoms. The van der Waals surface area contributed by atoms with Crippen LogP contribution in [0.2, 0.25) is 0 Å². The lowest BCUT2D eigenvalue weighted by Gasteiger charge is -2.50. The molecule has 27 heteroatoms. The van der Waals surface area contributed by atoms with Crippen LogP contribution in [0, 0.1) is 5.41 Å². The topological polar surface area (TPSA) is 55.4 Å². The smallest absolute Gasteiger partial charge is 0.371 e. The number of rotatable bonds is 21. The lowest BCUT2D eigenvalue weighted by molar-refractivity contribution is -0.596. The summed E-state index contributed by atoms with van der Waals surface area (Å²) in [6.45, 7) is -5.80. The van der Waals surface area contributed by atoms with Crippen molar-refractivity contribution in [3.05, 3.63) is 38.0 Å². The third-order valence-corrected chi connectivity index (χ3v) is 5.44. The van der Waals surface area contributed by atoms with Crippen molar-refractivity contribution in [3.63, 3.8) is 0 Å². The molecule has 0 aromatic rings. The van der Waals surface area contributed by atoms with Crippen LogP contribution < -0.4 is 0 Å². The van der Waals surface area contributed by atoms with Gasteiger partial charge in [0.05, 0.1) is 19.8 Å². The highest BCUT2D eigenvalue weighted by Gasteiger charge is 2.97. The number of halogens is 21. The molecular weight excluding hydrogens is 771 g/mol. The van der Waals surface area contributed by atoms with Crippen LogP contribution in [-0.2, 0) is 28.4 Å². The molecule has 0 spiro atoms. The fourth-order valence-electron chi connectivity index (χ4n) is 3.17. The minimum atomic E-state index is -9.08. The van der Waals surface area contributed by atoms with Crippen LogP contribution in [0.25, 0.3) is 0 Å². The molecule has 0 aliphatic heterocycles. The Bertz CT molecular complexity index is 1010. The second kappa shape index (κ2) is 15.6. The molecule has 0 saturated carbocycles. The van der Waals surface area contributed by atoms with Crippen molar-refractivity contribution in [2.24, 2.45) is 5.41 Å². The van der Waals surface area contributed by atoms with Gasteiger partial charge in [-0.05, 0) is 0 Å². The summed E-state index contributed by atoms with van der Waals surface area (Å²) >= 11 is 0. The summed E-state index contributed by atoms with van der Waals surface area (Å²) in [5.41, 5.74) is -9.08. The third kappa shape index (κ3) is 9.68. The predicted octanol–water partition coefficient (Wildman–Crippen LogP) is 8.66. The largest absolute Gasteiger partial charge is 0.451 e. The van der Waals surface area contributed by atoms with E-state index in [0.29, 0.717) is 18.2 Å². The average molecular weight is 792 g/mol. The highest BCUT2D eigenvalue weighted by Crippen LogP contribution is 2.69. The van der Waals surface area contributed by atoms with Gasteiger partial charge in [-0.15, -0.1) is 19.7 Å². The SMILES string of the molecule is C=CCOCC(F)(OC(F)(F)C(C(F)(F)F)(C(F)(F)OC(F)(COCC=C)C(F)(F)F)C(F)(F)OC(F)(COCC=C)C(F)(F)F)C(F)(F)F. The first-order chi connectivity index (χ1) is 22.1. The number of alkyl halides is 21. The molecule has 0 saturated heterocycles. The van der Waals surface area contributed by atoms with Gasteiger partial charge in [-0.25, -0.2) is 0 Å². The van der Waals surface area contributed by atoms with Gasteiger partial charge in [0.15, 0.2) is 0 Å². The molecule has 0 amide bonds. The standard InChI is InChI=1S/C23H21F21O6/c1-4-7-45-10-13(24,17(27,28)29)48-21(39,40)16(20(36,37)38,22(41,42)49-14(25,18(30,31)32)11-46-8-5-2)23(43,44)50-15(26,19(33,34)35)12-47-9-6-3/h4-6H,1-3,7-12H2. The molecule has 0 fully saturated rings. The molecule has 0 bridgehead atoms. The Kier molecular flexibility index (Phi) is 14.8. The van der Waals surface area contributed by atoms with Gasteiger partial charge in [-0.1, -0.05) is 18.2 Å². The second-order valence-electron chi connectivity index (χ2n) is 9.19. The predicted molar refractivity (Wildman–Crippen MR) is 119 cm³/mol. The van der Waals surface area contributed by atoms with Crippen molar-refractivity contribution < 1.29 is 121 Å². The van der Waals surface area contributed by atoms with Crippen LogP contribution >= 0.6 is 0 Å². The van der Waals surface area contributed by atoms with Crippen LogP contribution in [0.5, 0.6) is 0 Å². The Morgan fingerprint density at radius 3 is 0.680 bits per heavy atom. The summed E-state index contributed by atoms with van der Waals surface area (Å²) in [5, 5.41) is 0. The van der Waals surface area contributed by atoms with Gasteiger partial charge < -0.3 is 14.2 Å². The van der Waals surface area contributed by atoms with E-state index >= 15 is 26.3 Å². The Balaban J connectivity index is 8.35. The summed E-state index contributed by atoms with van der Waals surface area (Å²) in [6.07, 6.45) is -55.7. The Hall–Kier alpha value is -2.49. The highest BCUT2D eigenvalue weighted by molar-refractivity contribution is 5.09. The van der Waals surface area contributed by atoms with Crippen LogP contribution in [0.1, 0.15) is 0 Å². The molecule has 0 aliphatic carbocycles. The Morgan fingerprint density at radius 2 is 0.540 bits per heavy atom. The van der Waals surface area contributed by atoms with Gasteiger partial charge >= 0.3 is 66.0 Å². The Labute approximate surface area is 265 Å². The lowest BCUT2D eigenvalue weighted by atomic mass is 9.81. The van der Waals surface area contributed by atoms with E-state index < -0.39 is 106 Å². The van der Waals surface area contributed by atoms with Gasteiger partial charge in [-0.2, -0.15) is 92.2 Å². The maximum Gasteiger partial charge on any atom is 0.451 e. The van der Waals surface area contributed by atoms with Gasteiger partial charge in [0, 0.05) is 0 Å². The number of ether oxygens (including phenoxy) is 6. The fourth-order valence-corrected chi connectivity index (χ4v) is 3.17. The van der Waals surface area contributed by atoms with Crippen molar-refractivity contribution in [2.45, 2.75) is 60.6 Å². The van der Waals surface area contributed by atoms with Crippen molar-refractivity contribution in [1.29, 1.82) is 0 Å². The van der Waals surface area contributed by atoms with Crippen molar-refractivity contribution in [1.82, 2.24) is 0 Å². The van der Waals surface area contributed by atoms with Gasteiger partial charge in [0.25, 0.3) is 0 Å². The van der Waals surface area contributed by atoms with E-state index in [9.17, 15) is 65.9 Å². The molecule has 6 nitrogen and oxygen atoms in total. The van der Waals surface area contributed by atoms with Gasteiger partial charge in [0.1, 0.15) is 19.8 Å². The van der Waals surface area contributed by atoms with E-state index in [-0.39, 0.29) is 0 Å². The minimum absolute atomic E-state index is 0.345. The maximum atomic E-state index is 15.3. The molecule has 0 aliphatic rings. The van der Waals surface area contributed by atoms with E-state index in [2.05, 4.69) is 48.2 Å². The monoisotopic (exact) mass is 792 g/mol. The van der Waals surface area contributed by atoms with E-state index in [1.54, 1.807) is 0 Å². The molecule has 296 valence electrons. The first-order valence-corrected chi connectivity index (χ1v) is 12.2. The first kappa shape index (κ1) is 47.5. The maximum absolute atomic E-state index is 15.3. The van der Waals surface area contributed by atoms with Crippen LogP contribution in [0.3, 0.4) is 0 Å². The molecular formula is C23H21F21O6. The normalized spacial score (nSPS) is 19.1. The van der Waals surface area contributed by atoms with E-state index in [0.717, 1.165) is 0 Å². The molecule has 3 atom stereocenters. The summed E-state index contributed by atoms with van der Waals surface area (Å²) in [7, 11) is 0. The van der Waals surface area contributed by atoms with Crippen LogP contribution in [0.4, 0.5) is 92.2 Å². The van der Waals surface area contributed by atoms with E-state index in [4.69, 9.17) is 0 Å². The molecule has 0 rings (SSSR count). The summed E-state index contributed by atoms with van der Waals surface area (Å²) in [6, 6.07) is 0. The Morgan fingerprint density at radius 1 is 0.340 bits per heavy atom. The molecule has 0 heterocycles. The molecule has 0 aromatic heterocycles. The molecule has 3 unspecified atom stereocenters. The zero-order valence-corrected chi connectivity index (χ0v) is 24.0. The zero-order valence-electron chi connectivity index (χ0n) is 24.0. The summed E-state index contributed by atoms with van der Waals surface area (Å²) in [5.74, 6) is -20.3. The zero-order chi connectivity index (χ0) is 40.1. The van der Waals surface area contributed by atoms with Crippen molar-refractivity contribution in [3.8, 4) is 0 Å². The second-order valence-corrected chi connectivity index (χ2v) is 9.19. The van der Waals surface area contributed by atoms with Crippen molar-refractivity contribution >= 4 is 0 Å². The van der Waals surface area contributed by atoms with Crippen molar-refractivity contribution in [2.75, 3.05) is 39.6 Å². The van der Waals surface area contributed by atoms with Crippen LogP contribution in [-0.4, -0.2) is 100 Å². The quantitative estimate of drug-likeness (QED) is 0.0660. The summed E-state index contributed by atoms with van der Waals surface area (Å²) in [4.78, 5) is 0. The molecule has 0 aromatic carbocycles. The molecule has 0 radical (unpaired) electrons. The van der Waals surface area contributed by atoms with E-state index in [1.165, 1.54) is 0 Å². The lowest BCUT2D eigenvalue weighted by Crippen LogP contribution is -2.77. The fraction of sp³-hybridized carbons (Fsp3) is 0.739. The first-order valence-electron chi connectivity index (χ1n) is 12.2. The number of hydrogen-bond acceptors (Lipinski definition) is 6. The molecule has 0 N–H and O–H groups in total. The van der Waals surface area contributed by atoms with Gasteiger partial charge in [0.2, 0.25) is 0 Å².